The van der Waals surface area contributed by atoms with Gasteiger partial charge in [0.25, 0.3) is 0 Å². The molecule has 0 N–H and O–H groups in total. The average molecular weight is 201 g/mol. The predicted octanol–water partition coefficient (Wildman–Crippen LogP) is 3.54. The van der Waals surface area contributed by atoms with Gasteiger partial charge >= 0.3 is 0 Å². The molecule has 0 amide bonds. The summed E-state index contributed by atoms with van der Waals surface area (Å²) in [5.74, 6) is -0.159. The molecule has 0 spiro atoms. The fourth-order valence-corrected chi connectivity index (χ4v) is 1.64. The first-order valence-corrected chi connectivity index (χ1v) is 5.51. The van der Waals surface area contributed by atoms with Crippen LogP contribution in [0.3, 0.4) is 0 Å². The van der Waals surface area contributed by atoms with Gasteiger partial charge in [0.15, 0.2) is 0 Å². The van der Waals surface area contributed by atoms with Gasteiger partial charge in [-0.05, 0) is 51.4 Å². The number of hydrogen-bond donors (Lipinski definition) is 0. The fourth-order valence-electron chi connectivity index (χ4n) is 1.64. The molecular weight excluding hydrogens is 170 g/mol. The highest BCUT2D eigenvalue weighted by Crippen LogP contribution is 2.35. The zero-order valence-electron chi connectivity index (χ0n) is 14.4. The van der Waals surface area contributed by atoms with Gasteiger partial charge in [-0.3, -0.25) is 4.90 Å². The molecule has 1 heteroatoms. The molecule has 1 heterocycles. The minimum Gasteiger partial charge on any atom is -0.298 e. The van der Waals surface area contributed by atoms with Crippen LogP contribution in [0.15, 0.2) is 0 Å². The summed E-state index contributed by atoms with van der Waals surface area (Å²) in [6.45, 7) is 8.56. The third kappa shape index (κ3) is 2.98. The molecule has 0 aromatic rings. The summed E-state index contributed by atoms with van der Waals surface area (Å²) < 4.78 is 33.2. The van der Waals surface area contributed by atoms with Crippen molar-refractivity contribution >= 4 is 0 Å². The van der Waals surface area contributed by atoms with Crippen molar-refractivity contribution in [2.24, 2.45) is 11.3 Å². The molecule has 0 saturated carbocycles. The molecule has 84 valence electrons. The van der Waals surface area contributed by atoms with Crippen molar-refractivity contribution in [1.82, 2.24) is 4.90 Å². The van der Waals surface area contributed by atoms with E-state index >= 15 is 0 Å². The molecule has 1 saturated heterocycles. The summed E-state index contributed by atoms with van der Waals surface area (Å²) in [6.07, 6.45) is 0.988. The topological polar surface area (TPSA) is 3.24 Å². The second-order valence-corrected chi connectivity index (χ2v) is 6.25. The monoisotopic (exact) mass is 201 g/mol. The first-order valence-electron chi connectivity index (χ1n) is 7.51. The second kappa shape index (κ2) is 3.84. The van der Waals surface area contributed by atoms with Crippen LogP contribution >= 0.6 is 0 Å². The molecule has 1 rings (SSSR count). The van der Waals surface area contributed by atoms with E-state index in [9.17, 15) is 0 Å². The summed E-state index contributed by atoms with van der Waals surface area (Å²) in [4.78, 5) is 1.44. The van der Waals surface area contributed by atoms with Crippen LogP contribution in [0.25, 0.3) is 0 Å². The van der Waals surface area contributed by atoms with Crippen molar-refractivity contribution in [1.29, 1.82) is 0 Å². The summed E-state index contributed by atoms with van der Waals surface area (Å²) in [5.41, 5.74) is -0.694. The van der Waals surface area contributed by atoms with Crippen LogP contribution in [0, 0.1) is 11.3 Å². The van der Waals surface area contributed by atoms with E-state index < -0.39 is 18.5 Å². The van der Waals surface area contributed by atoms with Crippen molar-refractivity contribution < 1.29 is 5.48 Å². The second-order valence-electron chi connectivity index (χ2n) is 6.25. The van der Waals surface area contributed by atoms with Crippen molar-refractivity contribution in [3.8, 4) is 0 Å². The van der Waals surface area contributed by atoms with Crippen LogP contribution in [-0.4, -0.2) is 23.4 Å². The van der Waals surface area contributed by atoms with Gasteiger partial charge in [0, 0.05) is 17.5 Å². The maximum Gasteiger partial charge on any atom is 0.0434 e. The van der Waals surface area contributed by atoms with Gasteiger partial charge in [-0.15, -0.1) is 0 Å². The van der Waals surface area contributed by atoms with Gasteiger partial charge in [0.1, 0.15) is 0 Å². The van der Waals surface area contributed by atoms with Crippen LogP contribution in [0.4, 0.5) is 0 Å². The third-order valence-electron chi connectivity index (χ3n) is 2.70. The highest BCUT2D eigenvalue weighted by Gasteiger charge is 2.33. The first kappa shape index (κ1) is 7.27. The van der Waals surface area contributed by atoms with Crippen LogP contribution in [0.1, 0.15) is 59.9 Å². The number of hydrogen-bond acceptors (Lipinski definition) is 1. The van der Waals surface area contributed by atoms with E-state index in [1.54, 1.807) is 0 Å². The van der Waals surface area contributed by atoms with Crippen LogP contribution < -0.4 is 0 Å². The van der Waals surface area contributed by atoms with Gasteiger partial charge in [-0.1, -0.05) is 20.8 Å². The Morgan fingerprint density at radius 3 is 2.14 bits per heavy atom. The Bertz CT molecular complexity index is 312. The van der Waals surface area contributed by atoms with E-state index in [2.05, 4.69) is 0 Å². The third-order valence-corrected chi connectivity index (χ3v) is 2.70. The molecule has 0 radical (unpaired) electrons. The standard InChI is InChI=1S/C13H27N/c1-12(2,3)11-8-7-9-14(10-11)13(4,5)6/h11H,7-10H2,1-6H3/i9D2,10D2. The Morgan fingerprint density at radius 1 is 1.14 bits per heavy atom. The van der Waals surface area contributed by atoms with Gasteiger partial charge in [-0.25, -0.2) is 0 Å². The molecule has 1 fully saturated rings. The van der Waals surface area contributed by atoms with Gasteiger partial charge < -0.3 is 0 Å². The minimum absolute atomic E-state index is 0.159. The van der Waals surface area contributed by atoms with E-state index in [0.29, 0.717) is 12.8 Å². The first-order chi connectivity index (χ1) is 7.71. The molecule has 1 aliphatic rings. The molecule has 1 aliphatic heterocycles. The van der Waals surface area contributed by atoms with Crippen LogP contribution in [0.2, 0.25) is 0 Å². The lowest BCUT2D eigenvalue weighted by Crippen LogP contribution is -2.49. The lowest BCUT2D eigenvalue weighted by molar-refractivity contribution is 0.0388. The van der Waals surface area contributed by atoms with Crippen LogP contribution in [-0.2, 0) is 0 Å². The van der Waals surface area contributed by atoms with Crippen LogP contribution in [0.5, 0.6) is 0 Å². The maximum absolute atomic E-state index is 8.46. The molecule has 14 heavy (non-hydrogen) atoms. The van der Waals surface area contributed by atoms with Crippen molar-refractivity contribution in [2.45, 2.75) is 59.9 Å². The van der Waals surface area contributed by atoms with E-state index in [-0.39, 0.29) is 11.3 Å². The number of rotatable bonds is 0. The number of nitrogens with zero attached hydrogens (tertiary/aromatic N) is 1. The molecule has 1 atom stereocenters. The summed E-state index contributed by atoms with van der Waals surface area (Å²) >= 11 is 0. The predicted molar refractivity (Wildman–Crippen MR) is 63.5 cm³/mol. The molecule has 0 aliphatic carbocycles. The summed E-state index contributed by atoms with van der Waals surface area (Å²) in [7, 11) is 0. The zero-order valence-corrected chi connectivity index (χ0v) is 10.4. The Labute approximate surface area is 95.5 Å². The van der Waals surface area contributed by atoms with E-state index in [1.807, 2.05) is 41.5 Å². The fraction of sp³-hybridized carbons (Fsp3) is 1.00. The maximum atomic E-state index is 8.46. The Hall–Kier alpha value is -0.0400. The molecule has 0 bridgehead atoms. The van der Waals surface area contributed by atoms with E-state index in [0.717, 1.165) is 0 Å². The summed E-state index contributed by atoms with van der Waals surface area (Å²) in [5, 5.41) is 0. The van der Waals surface area contributed by atoms with E-state index in [1.165, 1.54) is 4.90 Å². The summed E-state index contributed by atoms with van der Waals surface area (Å²) in [6, 6.07) is 0. The quantitative estimate of drug-likeness (QED) is 0.579. The van der Waals surface area contributed by atoms with Gasteiger partial charge in [0.2, 0.25) is 0 Å². The highest BCUT2D eigenvalue weighted by atomic mass is 15.2. The molecule has 1 nitrogen and oxygen atoms in total. The Balaban J connectivity index is 3.25. The number of piperidine rings is 1. The molecular formula is C13H27N. The number of likely N-dealkylation sites (tertiary alicyclic amines) is 1. The lowest BCUT2D eigenvalue weighted by atomic mass is 9.75. The smallest absolute Gasteiger partial charge is 0.0434 e. The van der Waals surface area contributed by atoms with Crippen molar-refractivity contribution in [2.75, 3.05) is 13.0 Å². The Morgan fingerprint density at radius 2 is 1.71 bits per heavy atom. The minimum atomic E-state index is -1.63. The van der Waals surface area contributed by atoms with Crippen molar-refractivity contribution in [3.63, 3.8) is 0 Å². The SMILES string of the molecule is [2H]C1([2H])CCC(C(C)(C)C)C([2H])([2H])N1C(C)(C)C. The highest BCUT2D eigenvalue weighted by molar-refractivity contribution is 4.86. The largest absolute Gasteiger partial charge is 0.298 e. The lowest BCUT2D eigenvalue weighted by Gasteiger charge is -2.45. The normalized spacial score (nSPS) is 38.0. The average Bonchev–Trinajstić information content (AvgIpc) is 1.92. The molecule has 0 aromatic heterocycles. The molecule has 0 aromatic carbocycles. The Kier molecular flexibility index (Phi) is 2.00. The zero-order chi connectivity index (χ0) is 14.6. The van der Waals surface area contributed by atoms with Gasteiger partial charge in [-0.2, -0.15) is 0 Å². The van der Waals surface area contributed by atoms with Gasteiger partial charge in [0.05, 0.1) is 0 Å². The molecule has 1 unspecified atom stereocenters. The van der Waals surface area contributed by atoms with Crippen molar-refractivity contribution in [3.05, 3.63) is 0 Å². The van der Waals surface area contributed by atoms with E-state index in [4.69, 9.17) is 5.48 Å².